The third-order valence-corrected chi connectivity index (χ3v) is 6.96. The number of nitrogens with one attached hydrogen (secondary N) is 1. The van der Waals surface area contributed by atoms with Gasteiger partial charge >= 0.3 is 0 Å². The molecule has 170 valence electrons. The maximum absolute atomic E-state index is 13.5. The van der Waals surface area contributed by atoms with Gasteiger partial charge in [0.05, 0.1) is 5.25 Å². The van der Waals surface area contributed by atoms with E-state index in [1.807, 2.05) is 56.3 Å². The standard InChI is InChI=1S/C27H22ClN3O2S/c1-17-3-7-19(8-4-17)15-24-26(33)31(22-13-9-20(28)10-14-22)27(34-24)23(16-29)25(32)30-21-11-5-18(2)6-12-21/h3-14,24H,15H2,1-2H3,(H,30,32). The number of hydrogen-bond donors (Lipinski definition) is 1. The number of amides is 2. The van der Waals surface area contributed by atoms with E-state index in [4.69, 9.17) is 11.6 Å². The molecule has 1 saturated heterocycles. The fourth-order valence-electron chi connectivity index (χ4n) is 3.58. The van der Waals surface area contributed by atoms with E-state index in [1.54, 1.807) is 36.4 Å². The normalized spacial score (nSPS) is 16.8. The quantitative estimate of drug-likeness (QED) is 0.352. The van der Waals surface area contributed by atoms with Crippen molar-refractivity contribution < 1.29 is 9.59 Å². The topological polar surface area (TPSA) is 73.2 Å². The van der Waals surface area contributed by atoms with Crippen LogP contribution in [0.5, 0.6) is 0 Å². The zero-order valence-corrected chi connectivity index (χ0v) is 20.3. The van der Waals surface area contributed by atoms with Gasteiger partial charge in [0.25, 0.3) is 5.91 Å². The van der Waals surface area contributed by atoms with E-state index in [1.165, 1.54) is 16.7 Å². The largest absolute Gasteiger partial charge is 0.321 e. The highest BCUT2D eigenvalue weighted by Crippen LogP contribution is 2.42. The monoisotopic (exact) mass is 487 g/mol. The summed E-state index contributed by atoms with van der Waals surface area (Å²) < 4.78 is 0. The average molecular weight is 488 g/mol. The Bertz CT molecular complexity index is 1290. The predicted octanol–water partition coefficient (Wildman–Crippen LogP) is 6.02. The molecule has 1 aliphatic heterocycles. The Hall–Kier alpha value is -3.53. The number of hydrogen-bond acceptors (Lipinski definition) is 4. The highest BCUT2D eigenvalue weighted by molar-refractivity contribution is 8.05. The summed E-state index contributed by atoms with van der Waals surface area (Å²) in [6.45, 7) is 3.96. The van der Waals surface area contributed by atoms with E-state index in [9.17, 15) is 14.9 Å². The maximum Gasteiger partial charge on any atom is 0.269 e. The minimum Gasteiger partial charge on any atom is -0.321 e. The molecule has 0 radical (unpaired) electrons. The van der Waals surface area contributed by atoms with Gasteiger partial charge in [0, 0.05) is 16.4 Å². The second-order valence-corrected chi connectivity index (χ2v) is 9.69. The van der Waals surface area contributed by atoms with Gasteiger partial charge in [-0.3, -0.25) is 14.5 Å². The molecule has 1 aliphatic rings. The number of thioether (sulfide) groups is 1. The Morgan fingerprint density at radius 3 is 2.18 bits per heavy atom. The molecule has 1 atom stereocenters. The van der Waals surface area contributed by atoms with Gasteiger partial charge in [0.2, 0.25) is 5.91 Å². The Labute approximate surface area is 208 Å². The van der Waals surface area contributed by atoms with Crippen molar-refractivity contribution in [1.29, 1.82) is 5.26 Å². The van der Waals surface area contributed by atoms with Crippen molar-refractivity contribution in [3.63, 3.8) is 0 Å². The van der Waals surface area contributed by atoms with Crippen LogP contribution in [0, 0.1) is 25.2 Å². The van der Waals surface area contributed by atoms with Crippen LogP contribution >= 0.6 is 23.4 Å². The lowest BCUT2D eigenvalue weighted by atomic mass is 10.1. The van der Waals surface area contributed by atoms with Crippen LogP contribution in [-0.4, -0.2) is 17.1 Å². The van der Waals surface area contributed by atoms with E-state index >= 15 is 0 Å². The molecule has 4 rings (SSSR count). The Balaban J connectivity index is 1.71. The van der Waals surface area contributed by atoms with Crippen molar-refractivity contribution in [2.24, 2.45) is 0 Å². The summed E-state index contributed by atoms with van der Waals surface area (Å²) in [5, 5.41) is 13.1. The number of nitrogens with zero attached hydrogens (tertiary/aromatic N) is 2. The van der Waals surface area contributed by atoms with Crippen molar-refractivity contribution >= 4 is 46.6 Å². The number of carbonyl (C=O) groups is 2. The fourth-order valence-corrected chi connectivity index (χ4v) is 5.02. The van der Waals surface area contributed by atoms with E-state index in [0.717, 1.165) is 16.7 Å². The third-order valence-electron chi connectivity index (χ3n) is 5.44. The molecule has 3 aromatic carbocycles. The van der Waals surface area contributed by atoms with Crippen LogP contribution in [0.4, 0.5) is 11.4 Å². The molecule has 1 N–H and O–H groups in total. The smallest absolute Gasteiger partial charge is 0.269 e. The summed E-state index contributed by atoms with van der Waals surface area (Å²) in [6, 6.07) is 24.1. The molecular weight excluding hydrogens is 466 g/mol. The molecular formula is C27H22ClN3O2S. The highest BCUT2D eigenvalue weighted by Gasteiger charge is 2.40. The summed E-state index contributed by atoms with van der Waals surface area (Å²) in [5.74, 6) is -0.740. The van der Waals surface area contributed by atoms with E-state index in [-0.39, 0.29) is 11.5 Å². The Kier molecular flexibility index (Phi) is 7.06. The van der Waals surface area contributed by atoms with E-state index < -0.39 is 11.2 Å². The van der Waals surface area contributed by atoms with Crippen molar-refractivity contribution in [2.75, 3.05) is 10.2 Å². The molecule has 0 aromatic heterocycles. The van der Waals surface area contributed by atoms with Gasteiger partial charge in [-0.2, -0.15) is 5.26 Å². The zero-order valence-electron chi connectivity index (χ0n) is 18.7. The van der Waals surface area contributed by atoms with Crippen LogP contribution in [0.2, 0.25) is 5.02 Å². The van der Waals surface area contributed by atoms with Gasteiger partial charge in [-0.25, -0.2) is 0 Å². The first-order valence-corrected chi connectivity index (χ1v) is 12.0. The van der Waals surface area contributed by atoms with Gasteiger partial charge < -0.3 is 5.32 Å². The van der Waals surface area contributed by atoms with Gasteiger partial charge in [-0.05, 0) is 62.2 Å². The van der Waals surface area contributed by atoms with Crippen molar-refractivity contribution in [2.45, 2.75) is 25.5 Å². The van der Waals surface area contributed by atoms with Crippen molar-refractivity contribution in [1.82, 2.24) is 0 Å². The summed E-state index contributed by atoms with van der Waals surface area (Å²) in [5.41, 5.74) is 4.22. The molecule has 0 spiro atoms. The Morgan fingerprint density at radius 2 is 1.59 bits per heavy atom. The van der Waals surface area contributed by atoms with Gasteiger partial charge in [-0.1, -0.05) is 70.9 Å². The molecule has 3 aromatic rings. The zero-order chi connectivity index (χ0) is 24.2. The van der Waals surface area contributed by atoms with Crippen LogP contribution in [-0.2, 0) is 16.0 Å². The average Bonchev–Trinajstić information content (AvgIpc) is 3.13. The Morgan fingerprint density at radius 1 is 1.00 bits per heavy atom. The number of aryl methyl sites for hydroxylation is 2. The maximum atomic E-state index is 13.5. The lowest BCUT2D eigenvalue weighted by Gasteiger charge is -2.19. The second-order valence-electron chi connectivity index (χ2n) is 8.06. The minimum absolute atomic E-state index is 0.111. The van der Waals surface area contributed by atoms with E-state index in [2.05, 4.69) is 5.32 Å². The molecule has 0 bridgehead atoms. The van der Waals surface area contributed by atoms with Crippen molar-refractivity contribution in [3.05, 3.63) is 105 Å². The lowest BCUT2D eigenvalue weighted by molar-refractivity contribution is -0.117. The van der Waals surface area contributed by atoms with Crippen LogP contribution < -0.4 is 10.2 Å². The van der Waals surface area contributed by atoms with Crippen LogP contribution in [0.1, 0.15) is 16.7 Å². The first-order chi connectivity index (χ1) is 16.4. The first kappa shape index (κ1) is 23.6. The van der Waals surface area contributed by atoms with Gasteiger partial charge in [-0.15, -0.1) is 0 Å². The van der Waals surface area contributed by atoms with Gasteiger partial charge in [0.1, 0.15) is 16.7 Å². The molecule has 1 fully saturated rings. The molecule has 7 heteroatoms. The van der Waals surface area contributed by atoms with Crippen LogP contribution in [0.3, 0.4) is 0 Å². The molecule has 1 heterocycles. The lowest BCUT2D eigenvalue weighted by Crippen LogP contribution is -2.30. The molecule has 0 saturated carbocycles. The molecule has 1 unspecified atom stereocenters. The third kappa shape index (κ3) is 5.17. The number of anilines is 2. The van der Waals surface area contributed by atoms with Crippen LogP contribution in [0.25, 0.3) is 0 Å². The number of benzene rings is 3. The molecule has 5 nitrogen and oxygen atoms in total. The van der Waals surface area contributed by atoms with E-state index in [0.29, 0.717) is 27.8 Å². The number of carbonyl (C=O) groups excluding carboxylic acids is 2. The summed E-state index contributed by atoms with van der Waals surface area (Å²) in [6.07, 6.45) is 0.482. The van der Waals surface area contributed by atoms with Crippen LogP contribution in [0.15, 0.2) is 83.4 Å². The number of nitriles is 1. The predicted molar refractivity (Wildman–Crippen MR) is 138 cm³/mol. The van der Waals surface area contributed by atoms with Gasteiger partial charge in [0.15, 0.2) is 0 Å². The molecule has 0 aliphatic carbocycles. The summed E-state index contributed by atoms with van der Waals surface area (Å²) >= 11 is 7.28. The molecule has 2 amide bonds. The summed E-state index contributed by atoms with van der Waals surface area (Å²) in [7, 11) is 0. The SMILES string of the molecule is Cc1ccc(CC2SC(=C(C#N)C(=O)Nc3ccc(C)cc3)N(c3ccc(Cl)cc3)C2=O)cc1. The second kappa shape index (κ2) is 10.2. The number of halogens is 1. The first-order valence-electron chi connectivity index (χ1n) is 10.7. The minimum atomic E-state index is -0.559. The number of rotatable bonds is 5. The highest BCUT2D eigenvalue weighted by atomic mass is 35.5. The molecule has 34 heavy (non-hydrogen) atoms. The van der Waals surface area contributed by atoms with Crippen molar-refractivity contribution in [3.8, 4) is 6.07 Å². The summed E-state index contributed by atoms with van der Waals surface area (Å²) in [4.78, 5) is 28.1. The fraction of sp³-hybridized carbons (Fsp3) is 0.148.